The number of likely N-dealkylation sites (tertiary alicyclic amines) is 1. The third-order valence-corrected chi connectivity index (χ3v) is 10.5. The summed E-state index contributed by atoms with van der Waals surface area (Å²) in [4.78, 5) is 2.64. The summed E-state index contributed by atoms with van der Waals surface area (Å²) in [7, 11) is 0.0661. The Morgan fingerprint density at radius 3 is 2.68 bits per heavy atom. The molecule has 0 amide bonds. The molecule has 0 aromatic heterocycles. The van der Waals surface area contributed by atoms with Crippen molar-refractivity contribution in [3.05, 3.63) is 0 Å². The minimum absolute atomic E-state index is 0.0527. The van der Waals surface area contributed by atoms with Gasteiger partial charge in [-0.2, -0.15) is 0 Å². The number of likely N-dealkylation sites (N-methyl/N-ethyl adjacent to an activating group) is 1. The van der Waals surface area contributed by atoms with E-state index in [4.69, 9.17) is 4.74 Å². The molecule has 0 aromatic carbocycles. The quantitative estimate of drug-likeness (QED) is 0.289. The molecule has 0 spiro atoms. The predicted molar refractivity (Wildman–Crippen MR) is 131 cm³/mol. The van der Waals surface area contributed by atoms with E-state index >= 15 is 0 Å². The van der Waals surface area contributed by atoms with Crippen LogP contribution in [0.5, 0.6) is 0 Å². The Bertz CT molecular complexity index is 829. The van der Waals surface area contributed by atoms with E-state index < -0.39 is 15.3 Å². The SMILES string of the molecule is COC1NCC2CNN(C)C2C1NS(=O)(=O)C1CNN(C2CC(N3CCC(C)(C)C3)CCN2)C1. The fourth-order valence-corrected chi connectivity index (χ4v) is 8.16. The highest BCUT2D eigenvalue weighted by Crippen LogP contribution is 2.33. The lowest BCUT2D eigenvalue weighted by atomic mass is 9.90. The zero-order valence-electron chi connectivity index (χ0n) is 21.1. The van der Waals surface area contributed by atoms with E-state index in [2.05, 4.69) is 50.0 Å². The molecule has 0 saturated carbocycles. The molecule has 0 aliphatic carbocycles. The number of ether oxygens (including phenoxy) is 1. The number of rotatable bonds is 6. The van der Waals surface area contributed by atoms with E-state index in [0.29, 0.717) is 30.5 Å². The van der Waals surface area contributed by atoms with Crippen LogP contribution in [0.1, 0.15) is 33.1 Å². The number of nitrogens with zero attached hydrogens (tertiary/aromatic N) is 3. The smallest absolute Gasteiger partial charge is 0.217 e. The molecule has 5 aliphatic rings. The molecule has 0 radical (unpaired) electrons. The van der Waals surface area contributed by atoms with Crippen LogP contribution in [0.15, 0.2) is 0 Å². The first-order chi connectivity index (χ1) is 16.2. The summed E-state index contributed by atoms with van der Waals surface area (Å²) in [5.74, 6) is 0.334. The van der Waals surface area contributed by atoms with Gasteiger partial charge in [0.1, 0.15) is 11.5 Å². The summed E-state index contributed by atoms with van der Waals surface area (Å²) in [6, 6.07) is 0.261. The Morgan fingerprint density at radius 2 is 1.94 bits per heavy atom. The maximum absolute atomic E-state index is 13.5. The molecule has 12 heteroatoms. The van der Waals surface area contributed by atoms with Gasteiger partial charge in [-0.15, -0.1) is 0 Å². The number of hydrazine groups is 2. The van der Waals surface area contributed by atoms with E-state index in [1.165, 1.54) is 13.0 Å². The molecule has 5 N–H and O–H groups in total. The third kappa shape index (κ3) is 5.04. The Labute approximate surface area is 204 Å². The summed E-state index contributed by atoms with van der Waals surface area (Å²) in [6.45, 7) is 10.5. The van der Waals surface area contributed by atoms with E-state index in [1.807, 2.05) is 12.1 Å². The van der Waals surface area contributed by atoms with Crippen LogP contribution in [0.4, 0.5) is 0 Å². The topological polar surface area (TPSA) is 113 Å². The van der Waals surface area contributed by atoms with Gasteiger partial charge in [0.2, 0.25) is 10.0 Å². The second kappa shape index (κ2) is 9.81. The summed E-state index contributed by atoms with van der Waals surface area (Å²) >= 11 is 0. The molecule has 5 aliphatic heterocycles. The first-order valence-electron chi connectivity index (χ1n) is 12.9. The molecule has 7 atom stereocenters. The molecule has 34 heavy (non-hydrogen) atoms. The van der Waals surface area contributed by atoms with E-state index in [0.717, 1.165) is 39.0 Å². The number of nitrogens with one attached hydrogen (secondary N) is 5. The fraction of sp³-hybridized carbons (Fsp3) is 1.00. The summed E-state index contributed by atoms with van der Waals surface area (Å²) in [5, 5.41) is 10.6. The van der Waals surface area contributed by atoms with Gasteiger partial charge in [-0.05, 0) is 37.8 Å². The van der Waals surface area contributed by atoms with Crippen LogP contribution in [-0.2, 0) is 14.8 Å². The predicted octanol–water partition coefficient (Wildman–Crippen LogP) is -1.72. The van der Waals surface area contributed by atoms with E-state index in [-0.39, 0.29) is 24.5 Å². The fourth-order valence-electron chi connectivity index (χ4n) is 6.67. The molecule has 11 nitrogen and oxygen atoms in total. The number of hydrogen-bond donors (Lipinski definition) is 5. The zero-order chi connectivity index (χ0) is 24.1. The molecule has 5 heterocycles. The standard InChI is InChI=1S/C22H44N8O3S/c1-22(2)6-8-29(14-22)16-5-7-23-18(9-16)30-13-17(12-26-30)34(31,32)27-19-20-15(11-25-28(20)3)10-24-21(19)33-4/h15-21,23-27H,5-14H2,1-4H3. The number of methoxy groups -OCH3 is 1. The summed E-state index contributed by atoms with van der Waals surface area (Å²) in [6.07, 6.45) is 3.22. The van der Waals surface area contributed by atoms with Crippen molar-refractivity contribution in [1.29, 1.82) is 0 Å². The normalized spacial score (nSPS) is 42.3. The van der Waals surface area contributed by atoms with Crippen LogP contribution in [0.2, 0.25) is 0 Å². The first kappa shape index (κ1) is 25.2. The van der Waals surface area contributed by atoms with Crippen LogP contribution < -0.4 is 26.2 Å². The van der Waals surface area contributed by atoms with E-state index in [9.17, 15) is 8.42 Å². The first-order valence-corrected chi connectivity index (χ1v) is 14.4. The maximum atomic E-state index is 13.5. The lowest BCUT2D eigenvalue weighted by Gasteiger charge is -2.42. The lowest BCUT2D eigenvalue weighted by molar-refractivity contribution is -0.0106. The Morgan fingerprint density at radius 1 is 1.12 bits per heavy atom. The largest absolute Gasteiger partial charge is 0.365 e. The minimum atomic E-state index is -3.55. The van der Waals surface area contributed by atoms with Crippen LogP contribution in [0, 0.1) is 11.3 Å². The van der Waals surface area contributed by atoms with E-state index in [1.54, 1.807) is 7.11 Å². The van der Waals surface area contributed by atoms with Crippen molar-refractivity contribution in [3.8, 4) is 0 Å². The Hall–Kier alpha value is -0.410. The van der Waals surface area contributed by atoms with Crippen molar-refractivity contribution in [2.24, 2.45) is 11.3 Å². The van der Waals surface area contributed by atoms with Crippen molar-refractivity contribution in [1.82, 2.24) is 41.1 Å². The van der Waals surface area contributed by atoms with Crippen LogP contribution in [-0.4, -0.2) is 119 Å². The molecule has 7 unspecified atom stereocenters. The molecule has 5 saturated heterocycles. The highest BCUT2D eigenvalue weighted by atomic mass is 32.2. The van der Waals surface area contributed by atoms with Gasteiger partial charge >= 0.3 is 0 Å². The highest BCUT2D eigenvalue weighted by molar-refractivity contribution is 7.90. The van der Waals surface area contributed by atoms with Gasteiger partial charge in [-0.1, -0.05) is 13.8 Å². The van der Waals surface area contributed by atoms with Gasteiger partial charge in [0.05, 0.1) is 12.2 Å². The van der Waals surface area contributed by atoms with Gasteiger partial charge in [-0.3, -0.25) is 21.1 Å². The number of piperidine rings is 2. The Balaban J connectivity index is 1.21. The highest BCUT2D eigenvalue weighted by Gasteiger charge is 2.48. The maximum Gasteiger partial charge on any atom is 0.217 e. The molecule has 0 bridgehead atoms. The number of fused-ring (bicyclic) bond motifs is 1. The van der Waals surface area contributed by atoms with Gasteiger partial charge in [-0.25, -0.2) is 23.2 Å². The average molecular weight is 501 g/mol. The van der Waals surface area contributed by atoms with Crippen molar-refractivity contribution in [2.75, 3.05) is 60.0 Å². The van der Waals surface area contributed by atoms with Crippen molar-refractivity contribution < 1.29 is 13.2 Å². The summed E-state index contributed by atoms with van der Waals surface area (Å²) in [5.41, 5.74) is 7.13. The monoisotopic (exact) mass is 500 g/mol. The third-order valence-electron chi connectivity index (χ3n) is 8.68. The number of sulfonamides is 1. The molecule has 5 fully saturated rings. The second-order valence-corrected chi connectivity index (χ2v) is 13.6. The van der Waals surface area contributed by atoms with Crippen molar-refractivity contribution in [3.63, 3.8) is 0 Å². The van der Waals surface area contributed by atoms with Gasteiger partial charge < -0.3 is 10.1 Å². The molecule has 0 aromatic rings. The van der Waals surface area contributed by atoms with Gasteiger partial charge in [0, 0.05) is 64.9 Å². The second-order valence-electron chi connectivity index (χ2n) is 11.6. The van der Waals surface area contributed by atoms with Crippen LogP contribution >= 0.6 is 0 Å². The number of hydrogen-bond acceptors (Lipinski definition) is 10. The van der Waals surface area contributed by atoms with Gasteiger partial charge in [0.15, 0.2) is 0 Å². The average Bonchev–Trinajstić information content (AvgIpc) is 3.53. The molecule has 196 valence electrons. The Kier molecular flexibility index (Phi) is 7.28. The summed E-state index contributed by atoms with van der Waals surface area (Å²) < 4.78 is 35.7. The van der Waals surface area contributed by atoms with Crippen LogP contribution in [0.3, 0.4) is 0 Å². The van der Waals surface area contributed by atoms with Crippen molar-refractivity contribution in [2.45, 2.75) is 68.9 Å². The van der Waals surface area contributed by atoms with Crippen LogP contribution in [0.25, 0.3) is 0 Å². The van der Waals surface area contributed by atoms with Crippen molar-refractivity contribution >= 4 is 10.0 Å². The molecular formula is C22H44N8O3S. The molecule has 5 rings (SSSR count). The minimum Gasteiger partial charge on any atom is -0.365 e. The zero-order valence-corrected chi connectivity index (χ0v) is 21.9. The molecular weight excluding hydrogens is 456 g/mol. The van der Waals surface area contributed by atoms with Gasteiger partial charge in [0.25, 0.3) is 0 Å². The lowest BCUT2D eigenvalue weighted by Crippen LogP contribution is -2.67.